The lowest BCUT2D eigenvalue weighted by Crippen LogP contribution is -2.39. The molecule has 1 unspecified atom stereocenters. The zero-order valence-corrected chi connectivity index (χ0v) is 10.8. The number of hydrogen-bond donors (Lipinski definition) is 1. The van der Waals surface area contributed by atoms with Crippen molar-refractivity contribution in [3.8, 4) is 0 Å². The Hall–Kier alpha value is -2.08. The first-order chi connectivity index (χ1) is 9.04. The number of halogens is 1. The molecule has 3 amide bonds. The third-order valence-corrected chi connectivity index (χ3v) is 3.00. The maximum atomic E-state index is 11.8. The molecule has 1 aliphatic rings. The molecule has 7 heteroatoms. The maximum Gasteiger partial charge on any atom is 0.333 e. The molecule has 0 aliphatic carbocycles. The van der Waals surface area contributed by atoms with Gasteiger partial charge in [-0.2, -0.15) is 0 Å². The molecule has 2 rings (SSSR count). The van der Waals surface area contributed by atoms with Gasteiger partial charge in [0.1, 0.15) is 0 Å². The Labute approximate surface area is 114 Å². The highest BCUT2D eigenvalue weighted by Gasteiger charge is 2.40. The third-order valence-electron chi connectivity index (χ3n) is 2.75. The van der Waals surface area contributed by atoms with Gasteiger partial charge in [0.05, 0.1) is 13.7 Å². The van der Waals surface area contributed by atoms with E-state index in [2.05, 4.69) is 10.1 Å². The minimum atomic E-state index is -1.10. The molecule has 6 nitrogen and oxygen atoms in total. The van der Waals surface area contributed by atoms with Gasteiger partial charge < -0.3 is 10.1 Å². The van der Waals surface area contributed by atoms with Crippen LogP contribution < -0.4 is 5.32 Å². The van der Waals surface area contributed by atoms with Gasteiger partial charge in [-0.15, -0.1) is 0 Å². The lowest BCUT2D eigenvalue weighted by Gasteiger charge is -2.23. The van der Waals surface area contributed by atoms with E-state index in [1.165, 1.54) is 7.11 Å². The fourth-order valence-corrected chi connectivity index (χ4v) is 1.97. The van der Waals surface area contributed by atoms with Gasteiger partial charge in [0, 0.05) is 5.02 Å². The van der Waals surface area contributed by atoms with Crippen molar-refractivity contribution >= 4 is 29.5 Å². The van der Waals surface area contributed by atoms with E-state index in [9.17, 15) is 14.4 Å². The molecule has 1 aromatic carbocycles. The number of hydrogen-bond acceptors (Lipinski definition) is 4. The summed E-state index contributed by atoms with van der Waals surface area (Å²) in [4.78, 5) is 36.0. The number of rotatable bonds is 3. The van der Waals surface area contributed by atoms with Crippen molar-refractivity contribution < 1.29 is 19.1 Å². The van der Waals surface area contributed by atoms with Gasteiger partial charge in [0.15, 0.2) is 6.04 Å². The molecular formula is C12H11ClN2O4. The molecule has 0 spiro atoms. The minimum absolute atomic E-state index is 0.125. The molecule has 1 saturated heterocycles. The zero-order chi connectivity index (χ0) is 14.0. The first-order valence-corrected chi connectivity index (χ1v) is 5.85. The summed E-state index contributed by atoms with van der Waals surface area (Å²) in [5, 5.41) is 2.85. The smallest absolute Gasteiger partial charge is 0.333 e. The molecule has 0 aromatic heterocycles. The van der Waals surface area contributed by atoms with E-state index in [-0.39, 0.29) is 6.54 Å². The third kappa shape index (κ3) is 2.53. The van der Waals surface area contributed by atoms with Crippen LogP contribution in [0.4, 0.5) is 4.79 Å². The van der Waals surface area contributed by atoms with Crippen molar-refractivity contribution in [1.29, 1.82) is 0 Å². The van der Waals surface area contributed by atoms with Crippen LogP contribution in [0.5, 0.6) is 0 Å². The van der Waals surface area contributed by atoms with E-state index < -0.39 is 23.9 Å². The van der Waals surface area contributed by atoms with Gasteiger partial charge in [-0.3, -0.25) is 4.79 Å². The number of imide groups is 1. The van der Waals surface area contributed by atoms with E-state index in [1.54, 1.807) is 24.3 Å². The number of esters is 1. The second-order valence-corrected chi connectivity index (χ2v) is 4.34. The van der Waals surface area contributed by atoms with Gasteiger partial charge in [0.2, 0.25) is 0 Å². The van der Waals surface area contributed by atoms with Crippen LogP contribution in [-0.2, 0) is 14.3 Å². The number of methoxy groups -OCH3 is 1. The minimum Gasteiger partial charge on any atom is -0.467 e. The van der Waals surface area contributed by atoms with Crippen LogP contribution in [0.2, 0.25) is 5.02 Å². The van der Waals surface area contributed by atoms with Gasteiger partial charge in [-0.25, -0.2) is 14.5 Å². The van der Waals surface area contributed by atoms with E-state index in [4.69, 9.17) is 11.6 Å². The molecular weight excluding hydrogens is 272 g/mol. The summed E-state index contributed by atoms with van der Waals surface area (Å²) in [6, 6.07) is 4.58. The summed E-state index contributed by atoms with van der Waals surface area (Å²) in [6.07, 6.45) is 0. The van der Waals surface area contributed by atoms with Gasteiger partial charge in [0.25, 0.3) is 5.91 Å². The molecule has 0 radical (unpaired) electrons. The average Bonchev–Trinajstić information content (AvgIpc) is 2.73. The van der Waals surface area contributed by atoms with E-state index in [0.29, 0.717) is 10.6 Å². The Morgan fingerprint density at radius 2 is 2.00 bits per heavy atom. The molecule has 1 aliphatic heterocycles. The van der Waals surface area contributed by atoms with Crippen molar-refractivity contribution in [2.24, 2.45) is 0 Å². The normalized spacial score (nSPS) is 16.2. The quantitative estimate of drug-likeness (QED) is 0.665. The molecule has 1 aromatic rings. The molecule has 19 heavy (non-hydrogen) atoms. The number of nitrogens with one attached hydrogen (secondary N) is 1. The second-order valence-electron chi connectivity index (χ2n) is 3.90. The Balaban J connectivity index is 2.41. The predicted octanol–water partition coefficient (Wildman–Crippen LogP) is 1.11. The number of nitrogens with zero attached hydrogens (tertiary/aromatic N) is 1. The number of benzene rings is 1. The highest BCUT2D eigenvalue weighted by Crippen LogP contribution is 2.25. The fraction of sp³-hybridized carbons (Fsp3) is 0.250. The average molecular weight is 283 g/mol. The topological polar surface area (TPSA) is 75.7 Å². The standard InChI is InChI=1S/C12H11ClN2O4/c1-19-11(17)10(7-2-4-8(13)5-3-7)15-9(16)6-14-12(15)18/h2-5,10H,6H2,1H3,(H,14,18). The summed E-state index contributed by atoms with van der Waals surface area (Å²) in [5.41, 5.74) is 0.460. The number of carbonyl (C=O) groups is 3. The monoisotopic (exact) mass is 282 g/mol. The first-order valence-electron chi connectivity index (χ1n) is 5.47. The summed E-state index contributed by atoms with van der Waals surface area (Å²) in [7, 11) is 1.20. The molecule has 1 N–H and O–H groups in total. The summed E-state index contributed by atoms with van der Waals surface area (Å²) in [5.74, 6) is -1.16. The van der Waals surface area contributed by atoms with Crippen molar-refractivity contribution in [3.63, 3.8) is 0 Å². The van der Waals surface area contributed by atoms with Crippen LogP contribution in [0.25, 0.3) is 0 Å². The Morgan fingerprint density at radius 3 is 2.47 bits per heavy atom. The second kappa shape index (κ2) is 5.27. The van der Waals surface area contributed by atoms with Crippen molar-refractivity contribution in [2.45, 2.75) is 6.04 Å². The van der Waals surface area contributed by atoms with Crippen LogP contribution >= 0.6 is 11.6 Å². The summed E-state index contributed by atoms with van der Waals surface area (Å²) in [6.45, 7) is -0.125. The van der Waals surface area contributed by atoms with E-state index >= 15 is 0 Å². The summed E-state index contributed by atoms with van der Waals surface area (Å²) < 4.78 is 4.66. The zero-order valence-electron chi connectivity index (χ0n) is 10.1. The lowest BCUT2D eigenvalue weighted by atomic mass is 10.1. The van der Waals surface area contributed by atoms with Crippen LogP contribution in [0.1, 0.15) is 11.6 Å². The van der Waals surface area contributed by atoms with E-state index in [1.807, 2.05) is 0 Å². The van der Waals surface area contributed by atoms with Crippen LogP contribution in [0.15, 0.2) is 24.3 Å². The van der Waals surface area contributed by atoms with Crippen LogP contribution in [0, 0.1) is 0 Å². The van der Waals surface area contributed by atoms with Gasteiger partial charge in [-0.05, 0) is 17.7 Å². The molecule has 0 saturated carbocycles. The van der Waals surface area contributed by atoms with Crippen molar-refractivity contribution in [2.75, 3.05) is 13.7 Å². The van der Waals surface area contributed by atoms with Gasteiger partial charge >= 0.3 is 12.0 Å². The van der Waals surface area contributed by atoms with Gasteiger partial charge in [-0.1, -0.05) is 23.7 Å². The Morgan fingerprint density at radius 1 is 1.37 bits per heavy atom. The molecule has 1 atom stereocenters. The summed E-state index contributed by atoms with van der Waals surface area (Å²) >= 11 is 5.77. The van der Waals surface area contributed by atoms with Crippen LogP contribution in [-0.4, -0.2) is 36.5 Å². The highest BCUT2D eigenvalue weighted by atomic mass is 35.5. The highest BCUT2D eigenvalue weighted by molar-refractivity contribution is 6.30. The first kappa shape index (κ1) is 13.4. The van der Waals surface area contributed by atoms with Crippen molar-refractivity contribution in [3.05, 3.63) is 34.9 Å². The molecule has 100 valence electrons. The SMILES string of the molecule is COC(=O)C(c1ccc(Cl)cc1)N1C(=O)CNC1=O. The van der Waals surface area contributed by atoms with Crippen molar-refractivity contribution in [1.82, 2.24) is 10.2 Å². The molecule has 1 fully saturated rings. The molecule has 1 heterocycles. The largest absolute Gasteiger partial charge is 0.467 e. The number of ether oxygens (including phenoxy) is 1. The fourth-order valence-electron chi connectivity index (χ4n) is 1.84. The Bertz CT molecular complexity index is 513. The van der Waals surface area contributed by atoms with Crippen LogP contribution in [0.3, 0.4) is 0 Å². The number of urea groups is 1. The maximum absolute atomic E-state index is 11.8. The Kier molecular flexibility index (Phi) is 3.71. The lowest BCUT2D eigenvalue weighted by molar-refractivity contribution is -0.149. The van der Waals surface area contributed by atoms with E-state index in [0.717, 1.165) is 4.90 Å². The number of amides is 3. The number of carbonyl (C=O) groups excluding carboxylic acids is 3. The predicted molar refractivity (Wildman–Crippen MR) is 66.5 cm³/mol. The molecule has 0 bridgehead atoms.